The molecule has 8 heteroatoms. The van der Waals surface area contributed by atoms with Gasteiger partial charge < -0.3 is 24.7 Å². The highest BCUT2D eigenvalue weighted by Crippen LogP contribution is 2.47. The SMILES string of the molecule is CC1=C(C(=O)NCc2c(C)cc(C)[nH]c2=O)C=C(Cl)C2O[C@](C)(C3CCC(N(C)C)CC3)OC12. The number of carbonyl (C=O) groups is 1. The molecule has 1 aromatic heterocycles. The van der Waals surface area contributed by atoms with Crippen molar-refractivity contribution in [3.8, 4) is 0 Å². The molecule has 0 bridgehead atoms. The van der Waals surface area contributed by atoms with E-state index in [1.165, 1.54) is 0 Å². The summed E-state index contributed by atoms with van der Waals surface area (Å²) in [4.78, 5) is 30.5. The average molecular weight is 490 g/mol. The Morgan fingerprint density at radius 1 is 1.18 bits per heavy atom. The summed E-state index contributed by atoms with van der Waals surface area (Å²) in [5.41, 5.74) is 3.26. The number of aryl methyl sites for hydroxylation is 2. The van der Waals surface area contributed by atoms with Crippen molar-refractivity contribution < 1.29 is 14.3 Å². The quantitative estimate of drug-likeness (QED) is 0.659. The maximum absolute atomic E-state index is 13.1. The second-order valence-corrected chi connectivity index (χ2v) is 10.7. The molecule has 0 radical (unpaired) electrons. The van der Waals surface area contributed by atoms with E-state index in [1.54, 1.807) is 6.08 Å². The Balaban J connectivity index is 1.48. The number of ether oxygens (including phenoxy) is 2. The minimum atomic E-state index is -0.736. The number of rotatable bonds is 5. The van der Waals surface area contributed by atoms with E-state index in [9.17, 15) is 9.59 Å². The molecule has 1 saturated carbocycles. The van der Waals surface area contributed by atoms with E-state index in [1.807, 2.05) is 33.8 Å². The number of pyridine rings is 1. The summed E-state index contributed by atoms with van der Waals surface area (Å²) in [5, 5.41) is 3.35. The van der Waals surface area contributed by atoms with Crippen molar-refractivity contribution in [1.29, 1.82) is 0 Å². The molecule has 186 valence electrons. The maximum Gasteiger partial charge on any atom is 0.253 e. The van der Waals surface area contributed by atoms with Crippen LogP contribution >= 0.6 is 11.6 Å². The van der Waals surface area contributed by atoms with Gasteiger partial charge in [0, 0.05) is 35.3 Å². The molecule has 3 atom stereocenters. The normalized spacial score (nSPS) is 31.5. The van der Waals surface area contributed by atoms with Crippen LogP contribution < -0.4 is 10.9 Å². The van der Waals surface area contributed by atoms with Crippen molar-refractivity contribution >= 4 is 17.5 Å². The smallest absolute Gasteiger partial charge is 0.253 e. The highest BCUT2D eigenvalue weighted by molar-refractivity contribution is 6.31. The van der Waals surface area contributed by atoms with E-state index in [0.717, 1.165) is 42.5 Å². The molecule has 4 rings (SSSR count). The lowest BCUT2D eigenvalue weighted by atomic mass is 9.81. The number of nitrogens with one attached hydrogen (secondary N) is 2. The molecule has 3 aliphatic rings. The minimum absolute atomic E-state index is 0.140. The van der Waals surface area contributed by atoms with Crippen LogP contribution in [0.3, 0.4) is 0 Å². The van der Waals surface area contributed by atoms with Gasteiger partial charge >= 0.3 is 0 Å². The first-order chi connectivity index (χ1) is 16.0. The van der Waals surface area contributed by atoms with Crippen molar-refractivity contribution in [2.75, 3.05) is 14.1 Å². The van der Waals surface area contributed by atoms with Crippen LogP contribution in [-0.2, 0) is 20.8 Å². The van der Waals surface area contributed by atoms with Gasteiger partial charge in [-0.15, -0.1) is 0 Å². The van der Waals surface area contributed by atoms with Gasteiger partial charge in [-0.1, -0.05) is 11.6 Å². The number of aromatic amines is 1. The van der Waals surface area contributed by atoms with Gasteiger partial charge in [-0.25, -0.2) is 0 Å². The number of H-pyrrole nitrogens is 1. The lowest BCUT2D eigenvalue weighted by molar-refractivity contribution is -0.201. The number of halogens is 1. The number of nitrogens with zero attached hydrogens (tertiary/aromatic N) is 1. The summed E-state index contributed by atoms with van der Waals surface area (Å²) in [6.07, 6.45) is 5.15. The van der Waals surface area contributed by atoms with Crippen LogP contribution in [0.1, 0.15) is 56.4 Å². The Labute approximate surface area is 206 Å². The van der Waals surface area contributed by atoms with Gasteiger partial charge in [-0.2, -0.15) is 0 Å². The fourth-order valence-corrected chi connectivity index (χ4v) is 5.85. The lowest BCUT2D eigenvalue weighted by Crippen LogP contribution is -2.42. The van der Waals surface area contributed by atoms with Crippen LogP contribution in [0.5, 0.6) is 0 Å². The molecule has 2 fully saturated rings. The molecule has 0 aromatic carbocycles. The molecule has 1 aromatic rings. The Morgan fingerprint density at radius 2 is 1.82 bits per heavy atom. The molecule has 2 aliphatic carbocycles. The monoisotopic (exact) mass is 489 g/mol. The van der Waals surface area contributed by atoms with E-state index < -0.39 is 18.0 Å². The topological polar surface area (TPSA) is 83.7 Å². The Bertz CT molecular complexity index is 1080. The minimum Gasteiger partial charge on any atom is -0.348 e. The molecule has 1 aliphatic heterocycles. The molecule has 0 spiro atoms. The van der Waals surface area contributed by atoms with E-state index in [0.29, 0.717) is 22.2 Å². The predicted molar refractivity (Wildman–Crippen MR) is 133 cm³/mol. The number of fused-ring (bicyclic) bond motifs is 1. The Hall–Kier alpha value is -1.93. The molecule has 7 nitrogen and oxygen atoms in total. The van der Waals surface area contributed by atoms with Crippen LogP contribution in [0, 0.1) is 19.8 Å². The first-order valence-electron chi connectivity index (χ1n) is 12.1. The van der Waals surface area contributed by atoms with Crippen molar-refractivity contribution in [3.63, 3.8) is 0 Å². The molecule has 1 saturated heterocycles. The van der Waals surface area contributed by atoms with Gasteiger partial charge in [0.2, 0.25) is 0 Å². The van der Waals surface area contributed by atoms with Gasteiger partial charge in [0.25, 0.3) is 11.5 Å². The van der Waals surface area contributed by atoms with E-state index in [-0.39, 0.29) is 23.9 Å². The molecular formula is C26H36ClN3O4. The zero-order valence-corrected chi connectivity index (χ0v) is 21.7. The molecule has 2 unspecified atom stereocenters. The molecule has 34 heavy (non-hydrogen) atoms. The Morgan fingerprint density at radius 3 is 2.44 bits per heavy atom. The molecule has 2 N–H and O–H groups in total. The van der Waals surface area contributed by atoms with Gasteiger partial charge in [0.05, 0.1) is 5.03 Å². The number of carbonyl (C=O) groups excluding carboxylic acids is 1. The highest BCUT2D eigenvalue weighted by Gasteiger charge is 2.52. The van der Waals surface area contributed by atoms with E-state index in [2.05, 4.69) is 29.3 Å². The summed E-state index contributed by atoms with van der Waals surface area (Å²) in [7, 11) is 4.26. The van der Waals surface area contributed by atoms with E-state index >= 15 is 0 Å². The second kappa shape index (κ2) is 9.61. The average Bonchev–Trinajstić information content (AvgIpc) is 3.15. The van der Waals surface area contributed by atoms with Gasteiger partial charge in [0.15, 0.2) is 5.79 Å². The Kier molecular flexibility index (Phi) is 7.11. The molecule has 2 heterocycles. The fourth-order valence-electron chi connectivity index (χ4n) is 5.58. The highest BCUT2D eigenvalue weighted by atomic mass is 35.5. The summed E-state index contributed by atoms with van der Waals surface area (Å²) in [5.74, 6) is -0.739. The third kappa shape index (κ3) is 4.76. The zero-order chi connectivity index (χ0) is 24.8. The van der Waals surface area contributed by atoms with Crippen LogP contribution in [-0.4, -0.2) is 53.9 Å². The number of hydrogen-bond acceptors (Lipinski definition) is 5. The van der Waals surface area contributed by atoms with Gasteiger partial charge in [-0.3, -0.25) is 9.59 Å². The third-order valence-electron chi connectivity index (χ3n) is 7.74. The largest absolute Gasteiger partial charge is 0.348 e. The summed E-state index contributed by atoms with van der Waals surface area (Å²) in [6, 6.07) is 2.49. The molecule has 1 amide bonds. The van der Waals surface area contributed by atoms with Gasteiger partial charge in [-0.05, 0) is 90.8 Å². The lowest BCUT2D eigenvalue weighted by Gasteiger charge is -2.39. The predicted octanol–water partition coefficient (Wildman–Crippen LogP) is 3.68. The third-order valence-corrected chi connectivity index (χ3v) is 8.06. The van der Waals surface area contributed by atoms with Crippen LogP contribution in [0.15, 0.2) is 33.1 Å². The van der Waals surface area contributed by atoms with Crippen molar-refractivity contribution in [2.45, 2.75) is 84.0 Å². The van der Waals surface area contributed by atoms with Crippen molar-refractivity contribution in [2.24, 2.45) is 5.92 Å². The van der Waals surface area contributed by atoms with Crippen LogP contribution in [0.4, 0.5) is 0 Å². The number of hydrogen-bond donors (Lipinski definition) is 2. The van der Waals surface area contributed by atoms with Gasteiger partial charge in [0.1, 0.15) is 12.2 Å². The standard InChI is InChI=1S/C26H36ClN3O4/c1-14-11-15(2)29-25(32)20(14)13-28-24(31)19-12-21(27)23-22(16(19)3)33-26(4,34-23)17-7-9-18(10-8-17)30(5)6/h11-12,17-18,22-23H,7-10,13H2,1-6H3,(H,28,31)(H,29,32)/t17?,18?,22?,23?,26-/m1/s1. The number of amides is 1. The summed E-state index contributed by atoms with van der Waals surface area (Å²) >= 11 is 6.62. The number of aromatic nitrogens is 1. The first-order valence-corrected chi connectivity index (χ1v) is 12.5. The maximum atomic E-state index is 13.1. The van der Waals surface area contributed by atoms with Crippen molar-refractivity contribution in [1.82, 2.24) is 15.2 Å². The summed E-state index contributed by atoms with van der Waals surface area (Å²) in [6.45, 7) is 7.75. The fraction of sp³-hybridized carbons (Fsp3) is 0.615. The van der Waals surface area contributed by atoms with Crippen LogP contribution in [0.25, 0.3) is 0 Å². The van der Waals surface area contributed by atoms with E-state index in [4.69, 9.17) is 21.1 Å². The first kappa shape index (κ1) is 25.2. The zero-order valence-electron chi connectivity index (χ0n) is 21.0. The van der Waals surface area contributed by atoms with Crippen LogP contribution in [0.2, 0.25) is 0 Å². The summed E-state index contributed by atoms with van der Waals surface area (Å²) < 4.78 is 12.9. The van der Waals surface area contributed by atoms with Crippen molar-refractivity contribution in [3.05, 3.63) is 55.5 Å². The second-order valence-electron chi connectivity index (χ2n) is 10.3. The molecular weight excluding hydrogens is 454 g/mol.